The first-order valence-electron chi connectivity index (χ1n) is 6.22. The number of thiazole rings is 1. The van der Waals surface area contributed by atoms with Gasteiger partial charge in [-0.1, -0.05) is 0 Å². The summed E-state index contributed by atoms with van der Waals surface area (Å²) in [5.74, 6) is 0.411. The van der Waals surface area contributed by atoms with Crippen LogP contribution in [0.3, 0.4) is 0 Å². The molecule has 0 saturated carbocycles. The molecule has 1 amide bonds. The van der Waals surface area contributed by atoms with Crippen LogP contribution in [0.15, 0.2) is 45.5 Å². The SMILES string of the molecule is Cc1nc2ccc(NC(=O)C=Cc3ccc(Br)o3)cc2s1. The Bertz CT molecular complexity index is 835. The van der Waals surface area contributed by atoms with Crippen molar-refractivity contribution in [2.75, 3.05) is 5.32 Å². The van der Waals surface area contributed by atoms with Crippen LogP contribution in [0.25, 0.3) is 16.3 Å². The van der Waals surface area contributed by atoms with Crippen LogP contribution in [0.5, 0.6) is 0 Å². The van der Waals surface area contributed by atoms with Gasteiger partial charge in [0.2, 0.25) is 5.91 Å². The van der Waals surface area contributed by atoms with E-state index in [1.165, 1.54) is 6.08 Å². The molecule has 0 aliphatic heterocycles. The number of amides is 1. The van der Waals surface area contributed by atoms with Gasteiger partial charge < -0.3 is 9.73 Å². The van der Waals surface area contributed by atoms with Crippen LogP contribution < -0.4 is 5.32 Å². The number of aryl methyl sites for hydroxylation is 1. The maximum atomic E-state index is 11.9. The lowest BCUT2D eigenvalue weighted by Crippen LogP contribution is -2.07. The first-order chi connectivity index (χ1) is 10.1. The molecule has 1 N–H and O–H groups in total. The Morgan fingerprint density at radius 1 is 1.38 bits per heavy atom. The molecule has 0 spiro atoms. The third-order valence-corrected chi connectivity index (χ3v) is 4.12. The summed E-state index contributed by atoms with van der Waals surface area (Å²) in [5.41, 5.74) is 1.70. The number of hydrogen-bond donors (Lipinski definition) is 1. The van der Waals surface area contributed by atoms with Crippen LogP contribution in [0.1, 0.15) is 10.8 Å². The Morgan fingerprint density at radius 3 is 3.00 bits per heavy atom. The molecule has 0 fully saturated rings. The van der Waals surface area contributed by atoms with E-state index < -0.39 is 0 Å². The number of anilines is 1. The highest BCUT2D eigenvalue weighted by Crippen LogP contribution is 2.24. The first kappa shape index (κ1) is 14.0. The maximum absolute atomic E-state index is 11.9. The molecule has 3 aromatic rings. The molecule has 1 aromatic carbocycles. The van der Waals surface area contributed by atoms with Gasteiger partial charge in [-0.3, -0.25) is 4.79 Å². The second kappa shape index (κ2) is 5.83. The summed E-state index contributed by atoms with van der Waals surface area (Å²) in [6, 6.07) is 9.23. The third-order valence-electron chi connectivity index (χ3n) is 2.76. The molecular formula is C15H11BrN2O2S. The second-order valence-corrected chi connectivity index (χ2v) is 6.40. The number of halogens is 1. The molecule has 0 bridgehead atoms. The predicted octanol–water partition coefficient (Wildman–Crippen LogP) is 4.61. The van der Waals surface area contributed by atoms with Crippen LogP contribution in [-0.4, -0.2) is 10.9 Å². The highest BCUT2D eigenvalue weighted by atomic mass is 79.9. The number of rotatable bonds is 3. The summed E-state index contributed by atoms with van der Waals surface area (Å²) in [4.78, 5) is 16.3. The average molecular weight is 363 g/mol. The Hall–Kier alpha value is -1.92. The van der Waals surface area contributed by atoms with Gasteiger partial charge in [-0.2, -0.15) is 0 Å². The fraction of sp³-hybridized carbons (Fsp3) is 0.0667. The molecule has 0 saturated heterocycles. The molecule has 106 valence electrons. The van der Waals surface area contributed by atoms with Gasteiger partial charge in [-0.15, -0.1) is 11.3 Å². The minimum atomic E-state index is -0.205. The van der Waals surface area contributed by atoms with Gasteiger partial charge in [0.15, 0.2) is 4.67 Å². The minimum Gasteiger partial charge on any atom is -0.450 e. The zero-order valence-electron chi connectivity index (χ0n) is 11.1. The summed E-state index contributed by atoms with van der Waals surface area (Å²) in [5, 5.41) is 3.83. The largest absolute Gasteiger partial charge is 0.450 e. The fourth-order valence-corrected chi connectivity index (χ4v) is 3.06. The van der Waals surface area contributed by atoms with Crippen molar-refractivity contribution < 1.29 is 9.21 Å². The van der Waals surface area contributed by atoms with Crippen molar-refractivity contribution >= 4 is 55.2 Å². The normalized spacial score (nSPS) is 11.3. The topological polar surface area (TPSA) is 55.1 Å². The molecule has 0 aliphatic carbocycles. The summed E-state index contributed by atoms with van der Waals surface area (Å²) in [6.07, 6.45) is 3.06. The predicted molar refractivity (Wildman–Crippen MR) is 88.4 cm³/mol. The molecule has 21 heavy (non-hydrogen) atoms. The summed E-state index contributed by atoms with van der Waals surface area (Å²) in [6.45, 7) is 1.97. The van der Waals surface area contributed by atoms with Crippen LogP contribution >= 0.6 is 27.3 Å². The lowest BCUT2D eigenvalue weighted by molar-refractivity contribution is -0.111. The van der Waals surface area contributed by atoms with Gasteiger partial charge in [-0.05, 0) is 59.3 Å². The van der Waals surface area contributed by atoms with E-state index in [1.807, 2.05) is 25.1 Å². The molecule has 0 aliphatic rings. The van der Waals surface area contributed by atoms with Gasteiger partial charge in [0.05, 0.1) is 15.2 Å². The number of fused-ring (bicyclic) bond motifs is 1. The second-order valence-electron chi connectivity index (χ2n) is 4.38. The minimum absolute atomic E-state index is 0.205. The molecule has 2 aromatic heterocycles. The highest BCUT2D eigenvalue weighted by Gasteiger charge is 2.04. The van der Waals surface area contributed by atoms with Crippen molar-refractivity contribution in [1.82, 2.24) is 4.98 Å². The van der Waals surface area contributed by atoms with Crippen LogP contribution in [0.4, 0.5) is 5.69 Å². The first-order valence-corrected chi connectivity index (χ1v) is 7.83. The van der Waals surface area contributed by atoms with Gasteiger partial charge in [0, 0.05) is 11.8 Å². The van der Waals surface area contributed by atoms with E-state index in [2.05, 4.69) is 26.2 Å². The molecule has 0 radical (unpaired) electrons. The van der Waals surface area contributed by atoms with Crippen molar-refractivity contribution in [1.29, 1.82) is 0 Å². The zero-order chi connectivity index (χ0) is 14.8. The molecule has 2 heterocycles. The molecular weight excluding hydrogens is 352 g/mol. The van der Waals surface area contributed by atoms with Crippen molar-refractivity contribution in [2.24, 2.45) is 0 Å². The van der Waals surface area contributed by atoms with Crippen LogP contribution in [0, 0.1) is 6.92 Å². The Balaban J connectivity index is 1.72. The summed E-state index contributed by atoms with van der Waals surface area (Å²) < 4.78 is 6.98. The number of benzene rings is 1. The van der Waals surface area contributed by atoms with E-state index in [-0.39, 0.29) is 5.91 Å². The number of nitrogens with zero attached hydrogens (tertiary/aromatic N) is 1. The number of carbonyl (C=O) groups excluding carboxylic acids is 1. The quantitative estimate of drug-likeness (QED) is 0.692. The molecule has 4 nitrogen and oxygen atoms in total. The van der Waals surface area contributed by atoms with E-state index in [0.29, 0.717) is 10.4 Å². The van der Waals surface area contributed by atoms with Crippen LogP contribution in [-0.2, 0) is 4.79 Å². The van der Waals surface area contributed by atoms with Gasteiger partial charge in [0.25, 0.3) is 0 Å². The highest BCUT2D eigenvalue weighted by molar-refractivity contribution is 9.10. The lowest BCUT2D eigenvalue weighted by Gasteiger charge is -2.01. The number of carbonyl (C=O) groups is 1. The smallest absolute Gasteiger partial charge is 0.248 e. The molecule has 0 unspecified atom stereocenters. The monoisotopic (exact) mass is 362 g/mol. The van der Waals surface area contributed by atoms with E-state index in [9.17, 15) is 4.79 Å². The third kappa shape index (κ3) is 3.40. The van der Waals surface area contributed by atoms with Gasteiger partial charge in [-0.25, -0.2) is 4.98 Å². The molecule has 0 atom stereocenters. The molecule has 6 heteroatoms. The Morgan fingerprint density at radius 2 is 2.24 bits per heavy atom. The lowest BCUT2D eigenvalue weighted by atomic mass is 10.3. The van der Waals surface area contributed by atoms with Crippen molar-refractivity contribution in [3.05, 3.63) is 51.8 Å². The fourth-order valence-electron chi connectivity index (χ4n) is 1.88. The van der Waals surface area contributed by atoms with E-state index >= 15 is 0 Å². The Kier molecular flexibility index (Phi) is 3.90. The van der Waals surface area contributed by atoms with Crippen LogP contribution in [0.2, 0.25) is 0 Å². The number of hydrogen-bond acceptors (Lipinski definition) is 4. The zero-order valence-corrected chi connectivity index (χ0v) is 13.5. The van der Waals surface area contributed by atoms with E-state index in [1.54, 1.807) is 29.5 Å². The van der Waals surface area contributed by atoms with E-state index in [0.717, 1.165) is 20.9 Å². The van der Waals surface area contributed by atoms with Gasteiger partial charge in [0.1, 0.15) is 5.76 Å². The summed E-state index contributed by atoms with van der Waals surface area (Å²) in [7, 11) is 0. The average Bonchev–Trinajstić information content (AvgIpc) is 3.01. The van der Waals surface area contributed by atoms with Crippen molar-refractivity contribution in [3.8, 4) is 0 Å². The van der Waals surface area contributed by atoms with Gasteiger partial charge >= 0.3 is 0 Å². The number of furan rings is 1. The Labute approximate surface area is 133 Å². The standard InChI is InChI=1S/C15H11BrN2O2S/c1-9-17-12-5-2-10(8-13(12)21-9)18-15(19)7-4-11-3-6-14(16)20-11/h2-8H,1H3,(H,18,19). The summed E-state index contributed by atoms with van der Waals surface area (Å²) >= 11 is 4.82. The maximum Gasteiger partial charge on any atom is 0.248 e. The van der Waals surface area contributed by atoms with Crippen molar-refractivity contribution in [2.45, 2.75) is 6.92 Å². The number of aromatic nitrogens is 1. The van der Waals surface area contributed by atoms with E-state index in [4.69, 9.17) is 4.42 Å². The number of nitrogens with one attached hydrogen (secondary N) is 1. The van der Waals surface area contributed by atoms with Crippen molar-refractivity contribution in [3.63, 3.8) is 0 Å². The molecule has 3 rings (SSSR count).